The van der Waals surface area contributed by atoms with Crippen molar-refractivity contribution in [1.29, 1.82) is 0 Å². The fourth-order valence-electron chi connectivity index (χ4n) is 4.45. The number of nitro benzene ring substituents is 1. The Morgan fingerprint density at radius 3 is 2.55 bits per heavy atom. The van der Waals surface area contributed by atoms with Crippen LogP contribution >= 0.6 is 11.3 Å². The third kappa shape index (κ3) is 4.28. The molecule has 0 saturated heterocycles. The van der Waals surface area contributed by atoms with Crippen molar-refractivity contribution in [3.8, 4) is 22.8 Å². The smallest absolute Gasteiger partial charge is 0.282 e. The van der Waals surface area contributed by atoms with E-state index in [0.717, 1.165) is 11.3 Å². The molecule has 5 rings (SSSR count). The molecule has 0 amide bonds. The molecule has 0 unspecified atom stereocenters. The summed E-state index contributed by atoms with van der Waals surface area (Å²) >= 11 is 1.47. The minimum Gasteiger partial charge on any atom is -0.454 e. The molecular formula is C24H24N4O4S. The summed E-state index contributed by atoms with van der Waals surface area (Å²) in [5, 5.41) is 18.2. The third-order valence-electron chi connectivity index (χ3n) is 6.19. The number of aromatic nitrogens is 1. The number of ether oxygens (including phenoxy) is 2. The van der Waals surface area contributed by atoms with Gasteiger partial charge in [-0.3, -0.25) is 15.1 Å². The van der Waals surface area contributed by atoms with Crippen LogP contribution < -0.4 is 14.3 Å². The second-order valence-electron chi connectivity index (χ2n) is 8.16. The number of thiazole rings is 1. The van der Waals surface area contributed by atoms with Crippen molar-refractivity contribution >= 4 is 23.2 Å². The predicted molar refractivity (Wildman–Crippen MR) is 127 cm³/mol. The molecule has 0 N–H and O–H groups in total. The molecule has 33 heavy (non-hydrogen) atoms. The number of hydrogen-bond donors (Lipinski definition) is 0. The lowest BCUT2D eigenvalue weighted by molar-refractivity contribution is -0.385. The van der Waals surface area contributed by atoms with E-state index >= 15 is 0 Å². The van der Waals surface area contributed by atoms with Crippen molar-refractivity contribution in [2.24, 2.45) is 10.1 Å². The third-order valence-corrected chi connectivity index (χ3v) is 7.10. The summed E-state index contributed by atoms with van der Waals surface area (Å²) in [5.41, 5.74) is 3.55. The van der Waals surface area contributed by atoms with E-state index in [1.54, 1.807) is 17.8 Å². The zero-order valence-electron chi connectivity index (χ0n) is 18.3. The van der Waals surface area contributed by atoms with Crippen molar-refractivity contribution in [2.45, 2.75) is 38.0 Å². The van der Waals surface area contributed by atoms with Gasteiger partial charge in [-0.15, -0.1) is 11.3 Å². The molecule has 0 atom stereocenters. The Morgan fingerprint density at radius 2 is 1.85 bits per heavy atom. The number of rotatable bonds is 5. The number of hydrogen-bond acceptors (Lipinski definition) is 7. The standard InChI is InChI=1S/C24H24N4O4S/c1-25-24-27(26-13-19-11-22-23(32-15-31-22)12-20(19)28(29)30)21(14-33-24)18-9-7-17(8-10-18)16-5-3-2-4-6-16/h7-14,16H,2-6,15H2,1H3. The fourth-order valence-corrected chi connectivity index (χ4v) is 5.25. The second kappa shape index (κ2) is 9.19. The zero-order valence-corrected chi connectivity index (χ0v) is 19.1. The fraction of sp³-hybridized carbons (Fsp3) is 0.333. The number of nitrogens with zero attached hydrogens (tertiary/aromatic N) is 4. The molecule has 2 heterocycles. The molecule has 2 aliphatic rings. The van der Waals surface area contributed by atoms with E-state index < -0.39 is 4.92 Å². The van der Waals surface area contributed by atoms with Gasteiger partial charge in [-0.1, -0.05) is 43.5 Å². The molecule has 2 aromatic carbocycles. The largest absolute Gasteiger partial charge is 0.454 e. The van der Waals surface area contributed by atoms with Crippen molar-refractivity contribution in [3.63, 3.8) is 0 Å². The van der Waals surface area contributed by atoms with Crippen molar-refractivity contribution in [2.75, 3.05) is 13.8 Å². The molecule has 1 saturated carbocycles. The molecule has 3 aromatic rings. The van der Waals surface area contributed by atoms with Gasteiger partial charge in [0.05, 0.1) is 28.5 Å². The Hall–Kier alpha value is -3.46. The van der Waals surface area contributed by atoms with Crippen LogP contribution in [0.5, 0.6) is 11.5 Å². The highest BCUT2D eigenvalue weighted by molar-refractivity contribution is 7.07. The van der Waals surface area contributed by atoms with Gasteiger partial charge in [-0.25, -0.2) is 4.68 Å². The highest BCUT2D eigenvalue weighted by atomic mass is 32.1. The maximum Gasteiger partial charge on any atom is 0.282 e. The molecule has 1 aliphatic heterocycles. The summed E-state index contributed by atoms with van der Waals surface area (Å²) in [4.78, 5) is 16.2. The van der Waals surface area contributed by atoms with Gasteiger partial charge in [0, 0.05) is 18.0 Å². The highest BCUT2D eigenvalue weighted by Crippen LogP contribution is 2.37. The molecule has 0 bridgehead atoms. The van der Waals surface area contributed by atoms with Crippen LogP contribution in [-0.4, -0.2) is 29.7 Å². The van der Waals surface area contributed by atoms with E-state index in [0.29, 0.717) is 27.8 Å². The molecule has 1 aromatic heterocycles. The van der Waals surface area contributed by atoms with Crippen LogP contribution in [-0.2, 0) is 0 Å². The monoisotopic (exact) mass is 464 g/mol. The lowest BCUT2D eigenvalue weighted by atomic mass is 9.84. The topological polar surface area (TPSA) is 91.2 Å². The maximum absolute atomic E-state index is 11.6. The van der Waals surface area contributed by atoms with E-state index in [1.807, 2.05) is 5.38 Å². The van der Waals surface area contributed by atoms with Gasteiger partial charge in [-0.2, -0.15) is 5.10 Å². The van der Waals surface area contributed by atoms with E-state index in [2.05, 4.69) is 34.4 Å². The van der Waals surface area contributed by atoms with E-state index in [9.17, 15) is 10.1 Å². The van der Waals surface area contributed by atoms with Crippen LogP contribution in [0.4, 0.5) is 5.69 Å². The number of nitro groups is 1. The quantitative estimate of drug-likeness (QED) is 0.290. The summed E-state index contributed by atoms with van der Waals surface area (Å²) in [6.07, 6.45) is 7.94. The Balaban J connectivity index is 1.49. The zero-order chi connectivity index (χ0) is 22.8. The maximum atomic E-state index is 11.6. The van der Waals surface area contributed by atoms with Crippen LogP contribution in [0.15, 0.2) is 51.9 Å². The first-order valence-corrected chi connectivity index (χ1v) is 11.9. The Kier molecular flexibility index (Phi) is 5.95. The van der Waals surface area contributed by atoms with Crippen LogP contribution in [0.25, 0.3) is 11.3 Å². The summed E-state index contributed by atoms with van der Waals surface area (Å²) in [6, 6.07) is 11.6. The van der Waals surface area contributed by atoms with Crippen molar-refractivity contribution < 1.29 is 14.4 Å². The lowest BCUT2D eigenvalue weighted by Gasteiger charge is -2.22. The van der Waals surface area contributed by atoms with Gasteiger partial charge in [0.25, 0.3) is 5.69 Å². The van der Waals surface area contributed by atoms with E-state index in [1.165, 1.54) is 61.3 Å². The van der Waals surface area contributed by atoms with Gasteiger partial charge in [-0.05, 0) is 30.4 Å². The van der Waals surface area contributed by atoms with Gasteiger partial charge >= 0.3 is 0 Å². The summed E-state index contributed by atoms with van der Waals surface area (Å²) in [5.74, 6) is 1.48. The van der Waals surface area contributed by atoms with Crippen molar-refractivity contribution in [1.82, 2.24) is 4.68 Å². The van der Waals surface area contributed by atoms with Crippen molar-refractivity contribution in [3.05, 3.63) is 67.8 Å². The normalized spacial score (nSPS) is 16.6. The first-order chi connectivity index (χ1) is 16.1. The van der Waals surface area contributed by atoms with Crippen LogP contribution in [0, 0.1) is 10.1 Å². The van der Waals surface area contributed by atoms with Crippen LogP contribution in [0.2, 0.25) is 0 Å². The van der Waals surface area contributed by atoms with Crippen LogP contribution in [0.1, 0.15) is 49.1 Å². The molecule has 0 radical (unpaired) electrons. The average molecular weight is 465 g/mol. The Bertz CT molecular complexity index is 1270. The first-order valence-electron chi connectivity index (χ1n) is 11.0. The molecule has 1 aliphatic carbocycles. The first kappa shape index (κ1) is 21.4. The van der Waals surface area contributed by atoms with E-state index in [4.69, 9.17) is 9.47 Å². The Labute approximate surface area is 195 Å². The second-order valence-corrected chi connectivity index (χ2v) is 9.00. The van der Waals surface area contributed by atoms with Gasteiger partial charge in [0.2, 0.25) is 11.6 Å². The molecule has 8 nitrogen and oxygen atoms in total. The number of fused-ring (bicyclic) bond motifs is 1. The van der Waals surface area contributed by atoms with Gasteiger partial charge < -0.3 is 9.47 Å². The Morgan fingerprint density at radius 1 is 1.12 bits per heavy atom. The molecule has 9 heteroatoms. The summed E-state index contributed by atoms with van der Waals surface area (Å²) in [7, 11) is 1.71. The summed E-state index contributed by atoms with van der Waals surface area (Å²) in [6.45, 7) is 0.0478. The molecular weight excluding hydrogens is 440 g/mol. The minimum absolute atomic E-state index is 0.0478. The van der Waals surface area contributed by atoms with Crippen LogP contribution in [0.3, 0.4) is 0 Å². The van der Waals surface area contributed by atoms with E-state index in [-0.39, 0.29) is 12.5 Å². The van der Waals surface area contributed by atoms with Gasteiger partial charge in [0.15, 0.2) is 11.5 Å². The predicted octanol–water partition coefficient (Wildman–Crippen LogP) is 5.31. The SMILES string of the molecule is CN=c1scc(-c2ccc(C3CCCCC3)cc2)n1N=Cc1cc2c(cc1[N+](=O)[O-])OCO2. The van der Waals surface area contributed by atoms with Gasteiger partial charge in [0.1, 0.15) is 0 Å². The molecule has 1 fully saturated rings. The molecule has 170 valence electrons. The summed E-state index contributed by atoms with van der Waals surface area (Å²) < 4.78 is 12.4. The number of benzene rings is 2. The average Bonchev–Trinajstić information content (AvgIpc) is 3.48. The highest BCUT2D eigenvalue weighted by Gasteiger charge is 2.23. The lowest BCUT2D eigenvalue weighted by Crippen LogP contribution is -2.12. The molecule has 0 spiro atoms. The minimum atomic E-state index is -0.447.